The summed E-state index contributed by atoms with van der Waals surface area (Å²) in [6.45, 7) is 0.184. The summed E-state index contributed by atoms with van der Waals surface area (Å²) in [5.74, 6) is -1.20. The zero-order valence-corrected chi connectivity index (χ0v) is 13.2. The molecule has 0 spiro atoms. The summed E-state index contributed by atoms with van der Waals surface area (Å²) in [5, 5.41) is 9.94. The molecule has 0 aliphatic carbocycles. The summed E-state index contributed by atoms with van der Waals surface area (Å²) in [7, 11) is 1.39. The van der Waals surface area contributed by atoms with E-state index in [0.717, 1.165) is 17.7 Å². The van der Waals surface area contributed by atoms with E-state index in [1.807, 2.05) is 24.3 Å². The molecule has 0 atom stereocenters. The maximum atomic E-state index is 12.3. The molecule has 1 amide bonds. The third-order valence-corrected chi connectivity index (χ3v) is 3.95. The standard InChI is InChI=1S/C18H17NO5/c1-23-15-8-4-6-13(17(15)21)18(22)24-11-16(20)19-10-9-12-5-2-3-7-14(12)19/h2-8,21H,9-11H2,1H3. The number of anilines is 1. The van der Waals surface area contributed by atoms with E-state index >= 15 is 0 Å². The summed E-state index contributed by atoms with van der Waals surface area (Å²) in [6, 6.07) is 12.1. The van der Waals surface area contributed by atoms with E-state index in [1.54, 1.807) is 11.0 Å². The molecule has 2 aromatic rings. The molecule has 0 aromatic heterocycles. The molecule has 1 N–H and O–H groups in total. The smallest absolute Gasteiger partial charge is 0.342 e. The number of carbonyl (C=O) groups is 2. The number of phenolic OH excluding ortho intramolecular Hbond substituents is 1. The SMILES string of the molecule is COc1cccc(C(=O)OCC(=O)N2CCc3ccccc32)c1O. The molecule has 1 aliphatic heterocycles. The predicted octanol–water partition coefficient (Wildman–Crippen LogP) is 2.15. The van der Waals surface area contributed by atoms with E-state index in [1.165, 1.54) is 19.2 Å². The number of esters is 1. The van der Waals surface area contributed by atoms with Crippen LogP contribution in [0.3, 0.4) is 0 Å². The Labute approximate surface area is 139 Å². The van der Waals surface area contributed by atoms with Gasteiger partial charge in [-0.25, -0.2) is 4.79 Å². The second-order valence-corrected chi connectivity index (χ2v) is 5.36. The summed E-state index contributed by atoms with van der Waals surface area (Å²) in [4.78, 5) is 26.0. The number of rotatable bonds is 4. The van der Waals surface area contributed by atoms with Gasteiger partial charge in [0.1, 0.15) is 5.56 Å². The highest BCUT2D eigenvalue weighted by Gasteiger charge is 2.25. The van der Waals surface area contributed by atoms with E-state index < -0.39 is 5.97 Å². The molecule has 3 rings (SSSR count). The third kappa shape index (κ3) is 2.90. The van der Waals surface area contributed by atoms with Crippen molar-refractivity contribution in [3.05, 3.63) is 53.6 Å². The van der Waals surface area contributed by atoms with E-state index in [-0.39, 0.29) is 29.6 Å². The van der Waals surface area contributed by atoms with Crippen molar-refractivity contribution in [2.24, 2.45) is 0 Å². The van der Waals surface area contributed by atoms with Crippen molar-refractivity contribution in [1.82, 2.24) is 0 Å². The first kappa shape index (κ1) is 15.9. The minimum absolute atomic E-state index is 0.0380. The average Bonchev–Trinajstić information content (AvgIpc) is 3.03. The Balaban J connectivity index is 1.66. The van der Waals surface area contributed by atoms with Crippen LogP contribution in [-0.2, 0) is 16.0 Å². The van der Waals surface area contributed by atoms with Crippen LogP contribution < -0.4 is 9.64 Å². The van der Waals surface area contributed by atoms with Gasteiger partial charge in [-0.05, 0) is 30.2 Å². The molecule has 24 heavy (non-hydrogen) atoms. The van der Waals surface area contributed by atoms with E-state index in [9.17, 15) is 14.7 Å². The Kier molecular flexibility index (Phi) is 4.37. The van der Waals surface area contributed by atoms with E-state index in [4.69, 9.17) is 9.47 Å². The molecule has 1 heterocycles. The van der Waals surface area contributed by atoms with Gasteiger partial charge in [0, 0.05) is 12.2 Å². The van der Waals surface area contributed by atoms with Gasteiger partial charge in [-0.3, -0.25) is 4.79 Å². The van der Waals surface area contributed by atoms with Gasteiger partial charge in [-0.15, -0.1) is 0 Å². The van der Waals surface area contributed by atoms with Crippen LogP contribution in [0.1, 0.15) is 15.9 Å². The monoisotopic (exact) mass is 327 g/mol. The first-order valence-electron chi connectivity index (χ1n) is 7.53. The molecule has 1 aliphatic rings. The number of methoxy groups -OCH3 is 1. The van der Waals surface area contributed by atoms with Gasteiger partial charge in [-0.2, -0.15) is 0 Å². The van der Waals surface area contributed by atoms with Crippen LogP contribution in [0.15, 0.2) is 42.5 Å². The van der Waals surface area contributed by atoms with Gasteiger partial charge in [0.05, 0.1) is 7.11 Å². The number of amides is 1. The molecule has 0 unspecified atom stereocenters. The average molecular weight is 327 g/mol. The first-order valence-corrected chi connectivity index (χ1v) is 7.53. The lowest BCUT2D eigenvalue weighted by Gasteiger charge is -2.17. The molecule has 0 saturated heterocycles. The van der Waals surface area contributed by atoms with Crippen LogP contribution in [0.2, 0.25) is 0 Å². The third-order valence-electron chi connectivity index (χ3n) is 3.95. The van der Waals surface area contributed by atoms with Crippen LogP contribution in [0.5, 0.6) is 11.5 Å². The fourth-order valence-corrected chi connectivity index (χ4v) is 2.73. The number of carbonyl (C=O) groups excluding carboxylic acids is 2. The van der Waals surface area contributed by atoms with Gasteiger partial charge in [0.15, 0.2) is 18.1 Å². The van der Waals surface area contributed by atoms with E-state index in [2.05, 4.69) is 0 Å². The molecular formula is C18H17NO5. The van der Waals surface area contributed by atoms with E-state index in [0.29, 0.717) is 6.54 Å². The second-order valence-electron chi connectivity index (χ2n) is 5.36. The second kappa shape index (κ2) is 6.62. The zero-order valence-electron chi connectivity index (χ0n) is 13.2. The number of aromatic hydroxyl groups is 1. The van der Waals surface area contributed by atoms with Gasteiger partial charge < -0.3 is 19.5 Å². The maximum Gasteiger partial charge on any atom is 0.342 e. The van der Waals surface area contributed by atoms with Crippen LogP contribution >= 0.6 is 0 Å². The number of fused-ring (bicyclic) bond motifs is 1. The summed E-state index contributed by atoms with van der Waals surface area (Å²) in [6.07, 6.45) is 0.784. The number of nitrogens with zero attached hydrogens (tertiary/aromatic N) is 1. The molecule has 124 valence electrons. The molecular weight excluding hydrogens is 310 g/mol. The van der Waals surface area contributed by atoms with Crippen LogP contribution in [0.25, 0.3) is 0 Å². The van der Waals surface area contributed by atoms with Crippen molar-refractivity contribution >= 4 is 17.6 Å². The number of ether oxygens (including phenoxy) is 2. The quantitative estimate of drug-likeness (QED) is 0.871. The number of para-hydroxylation sites is 2. The molecule has 6 nitrogen and oxygen atoms in total. The minimum Gasteiger partial charge on any atom is -0.504 e. The normalized spacial score (nSPS) is 12.6. The van der Waals surface area contributed by atoms with Crippen molar-refractivity contribution < 1.29 is 24.2 Å². The van der Waals surface area contributed by atoms with Crippen molar-refractivity contribution in [1.29, 1.82) is 0 Å². The zero-order chi connectivity index (χ0) is 17.1. The summed E-state index contributed by atoms with van der Waals surface area (Å²) in [5.41, 5.74) is 1.91. The molecule has 2 aromatic carbocycles. The Morgan fingerprint density at radius 3 is 2.75 bits per heavy atom. The number of hydrogen-bond acceptors (Lipinski definition) is 5. The summed E-state index contributed by atoms with van der Waals surface area (Å²) < 4.78 is 10.0. The first-order chi connectivity index (χ1) is 11.6. The van der Waals surface area contributed by atoms with Crippen LogP contribution in [-0.4, -0.2) is 37.2 Å². The van der Waals surface area contributed by atoms with Crippen LogP contribution in [0.4, 0.5) is 5.69 Å². The Bertz CT molecular complexity index is 787. The molecule has 0 fully saturated rings. The summed E-state index contributed by atoms with van der Waals surface area (Å²) >= 11 is 0. The largest absolute Gasteiger partial charge is 0.504 e. The van der Waals surface area contributed by atoms with Gasteiger partial charge in [0.2, 0.25) is 0 Å². The van der Waals surface area contributed by atoms with Crippen molar-refractivity contribution in [2.75, 3.05) is 25.2 Å². The Morgan fingerprint density at radius 1 is 1.17 bits per heavy atom. The highest BCUT2D eigenvalue weighted by atomic mass is 16.5. The highest BCUT2D eigenvalue weighted by Crippen LogP contribution is 2.30. The molecule has 6 heteroatoms. The van der Waals surface area contributed by atoms with Gasteiger partial charge in [-0.1, -0.05) is 24.3 Å². The topological polar surface area (TPSA) is 76.1 Å². The highest BCUT2D eigenvalue weighted by molar-refractivity contribution is 5.99. The number of benzene rings is 2. The van der Waals surface area contributed by atoms with Gasteiger partial charge in [0.25, 0.3) is 5.91 Å². The van der Waals surface area contributed by atoms with Crippen molar-refractivity contribution in [3.8, 4) is 11.5 Å². The minimum atomic E-state index is -0.771. The number of hydrogen-bond donors (Lipinski definition) is 1. The Hall–Kier alpha value is -3.02. The maximum absolute atomic E-state index is 12.3. The van der Waals surface area contributed by atoms with Crippen LogP contribution in [0, 0.1) is 0 Å². The lowest BCUT2D eigenvalue weighted by atomic mass is 10.2. The van der Waals surface area contributed by atoms with Crippen molar-refractivity contribution in [2.45, 2.75) is 6.42 Å². The molecule has 0 bridgehead atoms. The molecule has 0 saturated carbocycles. The number of phenols is 1. The lowest BCUT2D eigenvalue weighted by Crippen LogP contribution is -2.33. The lowest BCUT2D eigenvalue weighted by molar-refractivity contribution is -0.121. The predicted molar refractivity (Wildman–Crippen MR) is 87.4 cm³/mol. The fraction of sp³-hybridized carbons (Fsp3) is 0.222. The fourth-order valence-electron chi connectivity index (χ4n) is 2.73. The molecule has 0 radical (unpaired) electrons. The Morgan fingerprint density at radius 2 is 1.96 bits per heavy atom. The van der Waals surface area contributed by atoms with Crippen molar-refractivity contribution in [3.63, 3.8) is 0 Å². The van der Waals surface area contributed by atoms with Gasteiger partial charge >= 0.3 is 5.97 Å².